The predicted molar refractivity (Wildman–Crippen MR) is 83.5 cm³/mol. The molecule has 0 aliphatic carbocycles. The van der Waals surface area contributed by atoms with Gasteiger partial charge in [0.05, 0.1) is 0 Å². The molecule has 0 N–H and O–H groups in total. The minimum atomic E-state index is 1.14. The maximum absolute atomic E-state index is 4.03. The lowest BCUT2D eigenvalue weighted by atomic mass is 10.1. The first-order valence-electron chi connectivity index (χ1n) is 7.38. The van der Waals surface area contributed by atoms with Crippen LogP contribution in [0.1, 0.15) is 36.8 Å². The Kier molecular flexibility index (Phi) is 6.52. The first-order valence-corrected chi connectivity index (χ1v) is 7.38. The molecular weight excluding hydrogens is 244 g/mol. The van der Waals surface area contributed by atoms with E-state index in [1.807, 2.05) is 24.8 Å². The molecule has 0 spiro atoms. The average Bonchev–Trinajstić information content (AvgIpc) is 2.52. The number of allylic oxidation sites excluding steroid dienone is 2. The second kappa shape index (κ2) is 9.03. The standard InChI is InChI=1S/C18H22N2/c1(3-5-7-17-9-13-19-14-10-17)2-4-6-8-18-11-15-20-16-12-18/h1-2,9-16H,3-8H2/b2-1+. The monoisotopic (exact) mass is 266 g/mol. The molecule has 0 bridgehead atoms. The highest BCUT2D eigenvalue weighted by Crippen LogP contribution is 2.06. The van der Waals surface area contributed by atoms with Crippen LogP contribution >= 0.6 is 0 Å². The van der Waals surface area contributed by atoms with Crippen molar-refractivity contribution in [3.63, 3.8) is 0 Å². The molecule has 0 aliphatic rings. The Morgan fingerprint density at radius 3 is 1.45 bits per heavy atom. The van der Waals surface area contributed by atoms with E-state index in [1.165, 1.54) is 24.0 Å². The van der Waals surface area contributed by atoms with Crippen molar-refractivity contribution in [2.75, 3.05) is 0 Å². The molecule has 0 unspecified atom stereocenters. The van der Waals surface area contributed by atoms with Crippen LogP contribution in [0.5, 0.6) is 0 Å². The zero-order chi connectivity index (χ0) is 13.9. The number of aromatic nitrogens is 2. The van der Waals surface area contributed by atoms with Crippen molar-refractivity contribution in [3.05, 3.63) is 72.3 Å². The summed E-state index contributed by atoms with van der Waals surface area (Å²) in [5, 5.41) is 0. The van der Waals surface area contributed by atoms with Crippen molar-refractivity contribution in [1.82, 2.24) is 9.97 Å². The van der Waals surface area contributed by atoms with E-state index in [-0.39, 0.29) is 0 Å². The molecule has 104 valence electrons. The van der Waals surface area contributed by atoms with Crippen LogP contribution in [0.3, 0.4) is 0 Å². The molecule has 0 aromatic carbocycles. The molecule has 0 saturated carbocycles. The highest BCUT2D eigenvalue weighted by molar-refractivity contribution is 5.10. The zero-order valence-electron chi connectivity index (χ0n) is 11.9. The van der Waals surface area contributed by atoms with Gasteiger partial charge in [-0.1, -0.05) is 12.2 Å². The smallest absolute Gasteiger partial charge is 0.0270 e. The van der Waals surface area contributed by atoms with E-state index in [2.05, 4.69) is 46.4 Å². The number of hydrogen-bond donors (Lipinski definition) is 0. The molecule has 0 atom stereocenters. The summed E-state index contributed by atoms with van der Waals surface area (Å²) in [7, 11) is 0. The van der Waals surface area contributed by atoms with Gasteiger partial charge >= 0.3 is 0 Å². The minimum absolute atomic E-state index is 1.14. The fourth-order valence-electron chi connectivity index (χ4n) is 2.18. The number of hydrogen-bond acceptors (Lipinski definition) is 2. The molecule has 2 heterocycles. The summed E-state index contributed by atoms with van der Waals surface area (Å²) in [6.45, 7) is 0. The summed E-state index contributed by atoms with van der Waals surface area (Å²) in [5.74, 6) is 0. The molecule has 2 rings (SSSR count). The quantitative estimate of drug-likeness (QED) is 0.523. The molecule has 2 nitrogen and oxygen atoms in total. The molecule has 0 fully saturated rings. The van der Waals surface area contributed by atoms with Crippen molar-refractivity contribution < 1.29 is 0 Å². The topological polar surface area (TPSA) is 25.8 Å². The van der Waals surface area contributed by atoms with Crippen molar-refractivity contribution in [2.45, 2.75) is 38.5 Å². The summed E-state index contributed by atoms with van der Waals surface area (Å²) in [4.78, 5) is 8.06. The van der Waals surface area contributed by atoms with E-state index >= 15 is 0 Å². The van der Waals surface area contributed by atoms with Crippen LogP contribution in [0.15, 0.2) is 61.2 Å². The maximum atomic E-state index is 4.03. The summed E-state index contributed by atoms with van der Waals surface area (Å²) in [6.07, 6.45) is 19.1. The molecule has 0 aliphatic heterocycles. The fourth-order valence-corrected chi connectivity index (χ4v) is 2.18. The zero-order valence-corrected chi connectivity index (χ0v) is 11.9. The maximum Gasteiger partial charge on any atom is 0.0270 e. The molecular formula is C18H22N2. The van der Waals surface area contributed by atoms with E-state index < -0.39 is 0 Å². The first-order chi connectivity index (χ1) is 9.95. The van der Waals surface area contributed by atoms with E-state index in [4.69, 9.17) is 0 Å². The van der Waals surface area contributed by atoms with Crippen molar-refractivity contribution in [3.8, 4) is 0 Å². The molecule has 2 aromatic heterocycles. The van der Waals surface area contributed by atoms with Crippen LogP contribution < -0.4 is 0 Å². The van der Waals surface area contributed by atoms with Crippen molar-refractivity contribution >= 4 is 0 Å². The van der Waals surface area contributed by atoms with Gasteiger partial charge in [0.25, 0.3) is 0 Å². The van der Waals surface area contributed by atoms with Gasteiger partial charge in [-0.2, -0.15) is 0 Å². The Balaban J connectivity index is 1.52. The van der Waals surface area contributed by atoms with E-state index in [9.17, 15) is 0 Å². The summed E-state index contributed by atoms with van der Waals surface area (Å²) in [6, 6.07) is 8.38. The third-order valence-electron chi connectivity index (χ3n) is 3.34. The van der Waals surface area contributed by atoms with Gasteiger partial charge in [0, 0.05) is 24.8 Å². The summed E-state index contributed by atoms with van der Waals surface area (Å²) in [5.41, 5.74) is 2.76. The minimum Gasteiger partial charge on any atom is -0.265 e. The SMILES string of the molecule is C(=C\CCCc1ccncc1)/CCCc1ccncc1. The average molecular weight is 266 g/mol. The van der Waals surface area contributed by atoms with Gasteiger partial charge in [-0.05, 0) is 73.9 Å². The van der Waals surface area contributed by atoms with Crippen LogP contribution in [-0.4, -0.2) is 9.97 Å². The molecule has 0 amide bonds. The van der Waals surface area contributed by atoms with E-state index in [0.717, 1.165) is 25.7 Å². The van der Waals surface area contributed by atoms with Crippen LogP contribution in [0.4, 0.5) is 0 Å². The Morgan fingerprint density at radius 1 is 0.650 bits per heavy atom. The molecule has 2 heteroatoms. The van der Waals surface area contributed by atoms with Gasteiger partial charge in [-0.3, -0.25) is 9.97 Å². The lowest BCUT2D eigenvalue weighted by Gasteiger charge is -1.99. The lowest BCUT2D eigenvalue weighted by Crippen LogP contribution is -1.85. The Morgan fingerprint density at radius 2 is 1.05 bits per heavy atom. The van der Waals surface area contributed by atoms with E-state index in [0.29, 0.717) is 0 Å². The van der Waals surface area contributed by atoms with Gasteiger partial charge < -0.3 is 0 Å². The number of pyridine rings is 2. The van der Waals surface area contributed by atoms with Gasteiger partial charge in [0.2, 0.25) is 0 Å². The number of aryl methyl sites for hydroxylation is 2. The van der Waals surface area contributed by atoms with Crippen LogP contribution in [-0.2, 0) is 12.8 Å². The van der Waals surface area contributed by atoms with E-state index in [1.54, 1.807) is 0 Å². The van der Waals surface area contributed by atoms with Gasteiger partial charge in [-0.15, -0.1) is 0 Å². The second-order valence-corrected chi connectivity index (χ2v) is 4.97. The van der Waals surface area contributed by atoms with Crippen LogP contribution in [0, 0.1) is 0 Å². The Labute approximate surface area is 121 Å². The number of rotatable bonds is 8. The first kappa shape index (κ1) is 14.4. The number of nitrogens with zero attached hydrogens (tertiary/aromatic N) is 2. The third kappa shape index (κ3) is 5.79. The van der Waals surface area contributed by atoms with Gasteiger partial charge in [-0.25, -0.2) is 0 Å². The Bertz CT molecular complexity index is 444. The summed E-state index contributed by atoms with van der Waals surface area (Å²) >= 11 is 0. The van der Waals surface area contributed by atoms with Crippen LogP contribution in [0.2, 0.25) is 0 Å². The molecule has 2 aromatic rings. The predicted octanol–water partition coefficient (Wildman–Crippen LogP) is 4.38. The van der Waals surface area contributed by atoms with Crippen molar-refractivity contribution in [2.24, 2.45) is 0 Å². The Hall–Kier alpha value is -1.96. The molecule has 0 saturated heterocycles. The number of unbranched alkanes of at least 4 members (excludes halogenated alkanes) is 2. The molecule has 20 heavy (non-hydrogen) atoms. The third-order valence-corrected chi connectivity index (χ3v) is 3.34. The van der Waals surface area contributed by atoms with Crippen LogP contribution in [0.25, 0.3) is 0 Å². The normalized spacial score (nSPS) is 11.0. The highest BCUT2D eigenvalue weighted by atomic mass is 14.6. The largest absolute Gasteiger partial charge is 0.265 e. The second-order valence-electron chi connectivity index (χ2n) is 4.97. The highest BCUT2D eigenvalue weighted by Gasteiger charge is 1.91. The fraction of sp³-hybridized carbons (Fsp3) is 0.333. The summed E-state index contributed by atoms with van der Waals surface area (Å²) < 4.78 is 0. The van der Waals surface area contributed by atoms with Crippen molar-refractivity contribution in [1.29, 1.82) is 0 Å². The van der Waals surface area contributed by atoms with Gasteiger partial charge in [0.15, 0.2) is 0 Å². The van der Waals surface area contributed by atoms with Gasteiger partial charge in [0.1, 0.15) is 0 Å². The lowest BCUT2D eigenvalue weighted by molar-refractivity contribution is 0.817. The molecule has 0 radical (unpaired) electrons.